The van der Waals surface area contributed by atoms with E-state index in [1.165, 1.54) is 13.2 Å². The lowest BCUT2D eigenvalue weighted by Crippen LogP contribution is -2.11. The second kappa shape index (κ2) is 5.82. The number of benzene rings is 1. The summed E-state index contributed by atoms with van der Waals surface area (Å²) in [6, 6.07) is 4.15. The van der Waals surface area contributed by atoms with Gasteiger partial charge in [0.15, 0.2) is 11.5 Å². The zero-order valence-corrected chi connectivity index (χ0v) is 9.57. The number of methoxy groups -OCH3 is 2. The Morgan fingerprint density at radius 1 is 1.33 bits per heavy atom. The summed E-state index contributed by atoms with van der Waals surface area (Å²) in [5, 5.41) is 8.81. The molecule has 18 heavy (non-hydrogen) atoms. The molecule has 0 aromatic heterocycles. The van der Waals surface area contributed by atoms with Gasteiger partial charge in [0.1, 0.15) is 11.6 Å². The first kappa shape index (κ1) is 13.7. The summed E-state index contributed by atoms with van der Waals surface area (Å²) < 4.78 is 38.1. The van der Waals surface area contributed by atoms with E-state index in [0.29, 0.717) is 0 Å². The average Bonchev–Trinajstić information content (AvgIpc) is 2.36. The normalized spacial score (nSPS) is 9.78. The van der Waals surface area contributed by atoms with E-state index in [1.807, 2.05) is 0 Å². The summed E-state index contributed by atoms with van der Waals surface area (Å²) in [6.45, 7) is -3.16. The Labute approximate surface area is 101 Å². The highest BCUT2D eigenvalue weighted by atomic mass is 19.3. The highest BCUT2D eigenvalue weighted by molar-refractivity contribution is 5.94. The van der Waals surface area contributed by atoms with Crippen molar-refractivity contribution in [1.29, 1.82) is 5.26 Å². The first-order valence-electron chi connectivity index (χ1n) is 4.69. The quantitative estimate of drug-likeness (QED) is 0.771. The smallest absolute Gasteiger partial charge is 0.387 e. The maximum Gasteiger partial charge on any atom is 0.387 e. The fourth-order valence-corrected chi connectivity index (χ4v) is 1.33. The zero-order chi connectivity index (χ0) is 13.7. The number of rotatable bonds is 4. The predicted octanol–water partition coefficient (Wildman–Crippen LogP) is 1.95. The number of nitrogens with zero attached hydrogens (tertiary/aromatic N) is 1. The third-order valence-corrected chi connectivity index (χ3v) is 2.05. The van der Waals surface area contributed by atoms with Crippen LogP contribution < -0.4 is 9.47 Å². The van der Waals surface area contributed by atoms with Gasteiger partial charge in [0.25, 0.3) is 0 Å². The molecular weight excluding hydrogens is 248 g/mol. The molecule has 0 aliphatic carbocycles. The number of esters is 1. The summed E-state index contributed by atoms with van der Waals surface area (Å²) in [4.78, 5) is 11.4. The Morgan fingerprint density at radius 2 is 2.00 bits per heavy atom. The van der Waals surface area contributed by atoms with Gasteiger partial charge in [-0.3, -0.25) is 0 Å². The van der Waals surface area contributed by atoms with Crippen LogP contribution in [0.4, 0.5) is 8.78 Å². The van der Waals surface area contributed by atoms with Crippen LogP contribution in [0.15, 0.2) is 12.1 Å². The van der Waals surface area contributed by atoms with Crippen LogP contribution in [0.3, 0.4) is 0 Å². The minimum Gasteiger partial charge on any atom is -0.492 e. The van der Waals surface area contributed by atoms with Crippen LogP contribution in [-0.2, 0) is 4.74 Å². The van der Waals surface area contributed by atoms with Crippen molar-refractivity contribution in [3.8, 4) is 17.6 Å². The van der Waals surface area contributed by atoms with Gasteiger partial charge < -0.3 is 14.2 Å². The van der Waals surface area contributed by atoms with Gasteiger partial charge in [-0.25, -0.2) is 4.79 Å². The summed E-state index contributed by atoms with van der Waals surface area (Å²) in [5.74, 6) is -1.62. The number of halogens is 2. The van der Waals surface area contributed by atoms with Crippen LogP contribution in [-0.4, -0.2) is 26.8 Å². The SMILES string of the molecule is COC(=O)c1ccc(C#N)c(OC)c1OC(F)F. The van der Waals surface area contributed by atoms with E-state index in [-0.39, 0.29) is 16.9 Å². The lowest BCUT2D eigenvalue weighted by atomic mass is 10.1. The van der Waals surface area contributed by atoms with Crippen molar-refractivity contribution in [2.45, 2.75) is 6.61 Å². The molecule has 0 saturated carbocycles. The van der Waals surface area contributed by atoms with E-state index in [9.17, 15) is 13.6 Å². The minimum atomic E-state index is -3.16. The fraction of sp³-hybridized carbons (Fsp3) is 0.273. The summed E-state index contributed by atoms with van der Waals surface area (Å²) >= 11 is 0. The second-order valence-electron chi connectivity index (χ2n) is 3.00. The topological polar surface area (TPSA) is 68.6 Å². The molecule has 0 atom stereocenters. The summed E-state index contributed by atoms with van der Waals surface area (Å²) in [7, 11) is 2.27. The Hall–Kier alpha value is -2.36. The summed E-state index contributed by atoms with van der Waals surface area (Å²) in [6.07, 6.45) is 0. The lowest BCUT2D eigenvalue weighted by molar-refractivity contribution is -0.0518. The number of hydrogen-bond donors (Lipinski definition) is 0. The van der Waals surface area contributed by atoms with E-state index in [2.05, 4.69) is 9.47 Å². The number of carbonyl (C=O) groups is 1. The van der Waals surface area contributed by atoms with Gasteiger partial charge in [-0.05, 0) is 12.1 Å². The number of alkyl halides is 2. The molecule has 1 aromatic rings. The van der Waals surface area contributed by atoms with E-state index in [0.717, 1.165) is 13.2 Å². The third kappa shape index (κ3) is 2.66. The first-order chi connectivity index (χ1) is 8.54. The minimum absolute atomic E-state index is 0.0270. The molecule has 0 fully saturated rings. The number of nitriles is 1. The summed E-state index contributed by atoms with van der Waals surface area (Å²) in [5.41, 5.74) is -0.269. The van der Waals surface area contributed by atoms with Crippen LogP contribution in [0.1, 0.15) is 15.9 Å². The molecule has 1 aromatic carbocycles. The van der Waals surface area contributed by atoms with E-state index >= 15 is 0 Å². The molecule has 5 nitrogen and oxygen atoms in total. The van der Waals surface area contributed by atoms with E-state index < -0.39 is 18.3 Å². The number of hydrogen-bond acceptors (Lipinski definition) is 5. The van der Waals surface area contributed by atoms with Gasteiger partial charge in [0.2, 0.25) is 0 Å². The van der Waals surface area contributed by atoms with Crippen LogP contribution in [0.5, 0.6) is 11.5 Å². The standard InChI is InChI=1S/C11H9F2NO4/c1-16-8-6(5-14)3-4-7(10(15)17-2)9(8)18-11(12)13/h3-4,11H,1-2H3. The maximum atomic E-state index is 12.3. The first-order valence-corrected chi connectivity index (χ1v) is 4.69. The van der Waals surface area contributed by atoms with Gasteiger partial charge in [-0.15, -0.1) is 0 Å². The zero-order valence-electron chi connectivity index (χ0n) is 9.57. The van der Waals surface area contributed by atoms with Crippen molar-refractivity contribution >= 4 is 5.97 Å². The number of carbonyl (C=O) groups excluding carboxylic acids is 1. The van der Waals surface area contributed by atoms with Crippen molar-refractivity contribution in [3.05, 3.63) is 23.3 Å². The molecule has 0 spiro atoms. The number of ether oxygens (including phenoxy) is 3. The Morgan fingerprint density at radius 3 is 2.44 bits per heavy atom. The third-order valence-electron chi connectivity index (χ3n) is 2.05. The molecule has 7 heteroatoms. The highest BCUT2D eigenvalue weighted by Crippen LogP contribution is 2.36. The molecule has 1 rings (SSSR count). The monoisotopic (exact) mass is 257 g/mol. The molecule has 0 aliphatic rings. The van der Waals surface area contributed by atoms with Crippen LogP contribution in [0.2, 0.25) is 0 Å². The van der Waals surface area contributed by atoms with E-state index in [4.69, 9.17) is 10.00 Å². The van der Waals surface area contributed by atoms with Crippen molar-refractivity contribution in [2.24, 2.45) is 0 Å². The van der Waals surface area contributed by atoms with Crippen molar-refractivity contribution < 1.29 is 27.8 Å². The van der Waals surface area contributed by atoms with Gasteiger partial charge in [-0.2, -0.15) is 14.0 Å². The highest BCUT2D eigenvalue weighted by Gasteiger charge is 2.23. The molecule has 0 radical (unpaired) electrons. The van der Waals surface area contributed by atoms with Crippen molar-refractivity contribution in [1.82, 2.24) is 0 Å². The second-order valence-corrected chi connectivity index (χ2v) is 3.00. The van der Waals surface area contributed by atoms with Gasteiger partial charge in [0, 0.05) is 0 Å². The molecule has 0 saturated heterocycles. The fourth-order valence-electron chi connectivity index (χ4n) is 1.33. The molecule has 0 N–H and O–H groups in total. The maximum absolute atomic E-state index is 12.3. The molecule has 96 valence electrons. The Bertz CT molecular complexity index is 497. The molecule has 0 bridgehead atoms. The predicted molar refractivity (Wildman–Crippen MR) is 55.7 cm³/mol. The van der Waals surface area contributed by atoms with Gasteiger partial charge >= 0.3 is 12.6 Å². The molecule has 0 heterocycles. The molecule has 0 unspecified atom stereocenters. The molecular formula is C11H9F2NO4. The van der Waals surface area contributed by atoms with Gasteiger partial charge in [0.05, 0.1) is 19.8 Å². The van der Waals surface area contributed by atoms with Crippen LogP contribution in [0.25, 0.3) is 0 Å². The Balaban J connectivity index is 3.44. The lowest BCUT2D eigenvalue weighted by Gasteiger charge is -2.14. The van der Waals surface area contributed by atoms with Crippen LogP contribution in [0, 0.1) is 11.3 Å². The molecule has 0 amide bonds. The average molecular weight is 257 g/mol. The van der Waals surface area contributed by atoms with Crippen molar-refractivity contribution in [3.63, 3.8) is 0 Å². The molecule has 0 aliphatic heterocycles. The van der Waals surface area contributed by atoms with Gasteiger partial charge in [-0.1, -0.05) is 0 Å². The largest absolute Gasteiger partial charge is 0.492 e. The van der Waals surface area contributed by atoms with E-state index in [1.54, 1.807) is 6.07 Å². The van der Waals surface area contributed by atoms with Crippen LogP contribution >= 0.6 is 0 Å². The van der Waals surface area contributed by atoms with Crippen molar-refractivity contribution in [2.75, 3.05) is 14.2 Å². The Kier molecular flexibility index (Phi) is 4.43.